The maximum absolute atomic E-state index is 14.1. The monoisotopic (exact) mass is 449 g/mol. The van der Waals surface area contributed by atoms with Gasteiger partial charge in [0.15, 0.2) is 12.3 Å². The molecule has 2 aromatic rings. The molecule has 11 heteroatoms. The topological polar surface area (TPSA) is 89.8 Å². The van der Waals surface area contributed by atoms with Crippen molar-refractivity contribution in [2.75, 3.05) is 33.4 Å². The van der Waals surface area contributed by atoms with Crippen molar-refractivity contribution in [3.8, 4) is 11.5 Å². The highest BCUT2D eigenvalue weighted by atomic mass is 19.3. The Labute approximate surface area is 183 Å². The third-order valence-corrected chi connectivity index (χ3v) is 5.67. The minimum Gasteiger partial charge on any atom is -0.497 e. The number of likely N-dealkylation sites (tertiary alicyclic amines) is 2. The highest BCUT2D eigenvalue weighted by molar-refractivity contribution is 5.92. The lowest BCUT2D eigenvalue weighted by Crippen LogP contribution is -2.41. The molecule has 1 atom stereocenters. The van der Waals surface area contributed by atoms with Crippen LogP contribution in [0.15, 0.2) is 30.5 Å². The van der Waals surface area contributed by atoms with Crippen LogP contribution in [0.1, 0.15) is 29.8 Å². The van der Waals surface area contributed by atoms with E-state index in [9.17, 15) is 18.4 Å². The third-order valence-electron chi connectivity index (χ3n) is 5.67. The number of carbonyl (C=O) groups is 2. The lowest BCUT2D eigenvalue weighted by atomic mass is 10.2. The Morgan fingerprint density at radius 3 is 2.53 bits per heavy atom. The molecule has 1 aromatic carbocycles. The largest absolute Gasteiger partial charge is 0.497 e. The zero-order valence-electron chi connectivity index (χ0n) is 17.7. The summed E-state index contributed by atoms with van der Waals surface area (Å²) in [4.78, 5) is 27.9. The molecule has 2 aliphatic heterocycles. The van der Waals surface area contributed by atoms with E-state index in [0.29, 0.717) is 24.6 Å². The number of nitrogens with zero attached hydrogens (tertiary/aromatic N) is 5. The summed E-state index contributed by atoms with van der Waals surface area (Å²) in [6, 6.07) is 5.84. The van der Waals surface area contributed by atoms with E-state index in [2.05, 4.69) is 10.3 Å². The molecule has 1 aromatic heterocycles. The fraction of sp³-hybridized carbons (Fsp3) is 0.524. The molecule has 172 valence electrons. The van der Waals surface area contributed by atoms with Gasteiger partial charge in [0.25, 0.3) is 17.7 Å². The summed E-state index contributed by atoms with van der Waals surface area (Å²) in [6.07, 6.45) is 2.86. The van der Waals surface area contributed by atoms with Crippen molar-refractivity contribution in [1.82, 2.24) is 24.8 Å². The number of amides is 2. The van der Waals surface area contributed by atoms with E-state index < -0.39 is 30.8 Å². The van der Waals surface area contributed by atoms with E-state index in [0.717, 1.165) is 17.7 Å². The number of ether oxygens (including phenoxy) is 2. The Morgan fingerprint density at radius 2 is 1.84 bits per heavy atom. The van der Waals surface area contributed by atoms with Crippen molar-refractivity contribution in [1.29, 1.82) is 0 Å². The van der Waals surface area contributed by atoms with Crippen LogP contribution < -0.4 is 9.47 Å². The first-order valence-electron chi connectivity index (χ1n) is 10.5. The van der Waals surface area contributed by atoms with E-state index in [1.54, 1.807) is 29.2 Å². The number of alkyl halides is 2. The van der Waals surface area contributed by atoms with Crippen LogP contribution >= 0.6 is 0 Å². The van der Waals surface area contributed by atoms with Gasteiger partial charge in [-0.25, -0.2) is 13.5 Å². The van der Waals surface area contributed by atoms with E-state index in [1.165, 1.54) is 18.0 Å². The minimum atomic E-state index is -3.00. The molecule has 2 aliphatic rings. The third kappa shape index (κ3) is 4.97. The molecule has 9 nitrogen and oxygen atoms in total. The average molecular weight is 449 g/mol. The molecular formula is C21H25F2N5O4. The average Bonchev–Trinajstić information content (AvgIpc) is 3.52. The summed E-state index contributed by atoms with van der Waals surface area (Å²) in [5, 5.41) is 7.81. The van der Waals surface area contributed by atoms with Gasteiger partial charge in [0.1, 0.15) is 11.5 Å². The molecule has 0 radical (unpaired) electrons. The standard InChI is InChI=1S/C21H25F2N5O4/c1-31-16-4-6-17(7-5-16)32-13-19(29)28-14-21(22,23)10-15(28)11-27-12-18(24-25-27)20(30)26-8-2-3-9-26/h4-7,12,15H,2-3,8-11,13-14H2,1H3/t15-/m0/s1. The first-order chi connectivity index (χ1) is 15.3. The van der Waals surface area contributed by atoms with Gasteiger partial charge in [0.05, 0.1) is 32.4 Å². The van der Waals surface area contributed by atoms with Gasteiger partial charge in [-0.15, -0.1) is 5.10 Å². The molecule has 0 bridgehead atoms. The molecule has 4 rings (SSSR count). The molecular weight excluding hydrogens is 424 g/mol. The number of carbonyl (C=O) groups excluding carboxylic acids is 2. The van der Waals surface area contributed by atoms with Crippen molar-refractivity contribution in [2.24, 2.45) is 0 Å². The van der Waals surface area contributed by atoms with Crippen molar-refractivity contribution >= 4 is 11.8 Å². The van der Waals surface area contributed by atoms with Gasteiger partial charge in [-0.05, 0) is 37.1 Å². The molecule has 0 N–H and O–H groups in total. The predicted octanol–water partition coefficient (Wildman–Crippen LogP) is 1.84. The van der Waals surface area contributed by atoms with Crippen LogP contribution in [0.3, 0.4) is 0 Å². The molecule has 2 fully saturated rings. The van der Waals surface area contributed by atoms with Crippen LogP contribution in [-0.2, 0) is 11.3 Å². The Morgan fingerprint density at radius 1 is 1.16 bits per heavy atom. The summed E-state index contributed by atoms with van der Waals surface area (Å²) in [5.74, 6) is -2.70. The van der Waals surface area contributed by atoms with Gasteiger partial charge in [-0.1, -0.05) is 5.21 Å². The molecule has 2 saturated heterocycles. The van der Waals surface area contributed by atoms with Crippen LogP contribution in [0.2, 0.25) is 0 Å². The van der Waals surface area contributed by atoms with Crippen molar-refractivity contribution in [2.45, 2.75) is 37.8 Å². The second-order valence-corrected chi connectivity index (χ2v) is 8.02. The van der Waals surface area contributed by atoms with E-state index in [1.807, 2.05) is 0 Å². The van der Waals surface area contributed by atoms with Crippen LogP contribution in [0.4, 0.5) is 8.78 Å². The Hall–Kier alpha value is -3.24. The molecule has 2 amide bonds. The summed E-state index contributed by atoms with van der Waals surface area (Å²) in [7, 11) is 1.54. The van der Waals surface area contributed by atoms with Gasteiger partial charge in [0.2, 0.25) is 0 Å². The summed E-state index contributed by atoms with van der Waals surface area (Å²) in [6.45, 7) is 0.323. The normalized spacial score (nSPS) is 19.9. The number of hydrogen-bond donors (Lipinski definition) is 0. The highest BCUT2D eigenvalue weighted by Crippen LogP contribution is 2.33. The van der Waals surface area contributed by atoms with Gasteiger partial charge in [-0.2, -0.15) is 0 Å². The first kappa shape index (κ1) is 22.0. The number of methoxy groups -OCH3 is 1. The predicted molar refractivity (Wildman–Crippen MR) is 109 cm³/mol. The van der Waals surface area contributed by atoms with Crippen molar-refractivity contribution in [3.63, 3.8) is 0 Å². The first-order valence-corrected chi connectivity index (χ1v) is 10.5. The zero-order valence-corrected chi connectivity index (χ0v) is 17.7. The van der Waals surface area contributed by atoms with Gasteiger partial charge < -0.3 is 19.3 Å². The highest BCUT2D eigenvalue weighted by Gasteiger charge is 2.47. The fourth-order valence-corrected chi connectivity index (χ4v) is 4.04. The van der Waals surface area contributed by atoms with E-state index in [-0.39, 0.29) is 24.8 Å². The quantitative estimate of drug-likeness (QED) is 0.641. The SMILES string of the molecule is COc1ccc(OCC(=O)N2CC(F)(F)C[C@H]2Cn2cc(C(=O)N3CCCC3)nn2)cc1. The summed E-state index contributed by atoms with van der Waals surface area (Å²) >= 11 is 0. The van der Waals surface area contributed by atoms with Crippen molar-refractivity contribution in [3.05, 3.63) is 36.2 Å². The summed E-state index contributed by atoms with van der Waals surface area (Å²) in [5.41, 5.74) is 0.178. The second-order valence-electron chi connectivity index (χ2n) is 8.02. The van der Waals surface area contributed by atoms with Crippen LogP contribution in [0.5, 0.6) is 11.5 Å². The van der Waals surface area contributed by atoms with Gasteiger partial charge >= 0.3 is 0 Å². The maximum atomic E-state index is 14.1. The van der Waals surface area contributed by atoms with Crippen LogP contribution in [0.25, 0.3) is 0 Å². The maximum Gasteiger partial charge on any atom is 0.276 e. The Bertz CT molecular complexity index is 959. The minimum absolute atomic E-state index is 0.0180. The van der Waals surface area contributed by atoms with E-state index in [4.69, 9.17) is 9.47 Å². The lowest BCUT2D eigenvalue weighted by molar-refractivity contribution is -0.135. The smallest absolute Gasteiger partial charge is 0.276 e. The zero-order chi connectivity index (χ0) is 22.7. The number of rotatable bonds is 7. The van der Waals surface area contributed by atoms with Crippen molar-refractivity contribution < 1.29 is 27.8 Å². The molecule has 0 spiro atoms. The lowest BCUT2D eigenvalue weighted by Gasteiger charge is -2.23. The van der Waals surface area contributed by atoms with E-state index >= 15 is 0 Å². The number of halogens is 2. The summed E-state index contributed by atoms with van der Waals surface area (Å²) < 4.78 is 40.1. The molecule has 32 heavy (non-hydrogen) atoms. The molecule has 3 heterocycles. The van der Waals surface area contributed by atoms with Crippen LogP contribution in [-0.4, -0.2) is 81.9 Å². The molecule has 0 aliphatic carbocycles. The van der Waals surface area contributed by atoms with Gasteiger partial charge in [0, 0.05) is 19.5 Å². The fourth-order valence-electron chi connectivity index (χ4n) is 4.04. The number of benzene rings is 1. The van der Waals surface area contributed by atoms with Gasteiger partial charge in [-0.3, -0.25) is 9.59 Å². The molecule has 0 saturated carbocycles. The number of hydrogen-bond acceptors (Lipinski definition) is 6. The number of aromatic nitrogens is 3. The Balaban J connectivity index is 1.38. The Kier molecular flexibility index (Phi) is 6.24. The molecule has 0 unspecified atom stereocenters. The second kappa shape index (κ2) is 9.09. The van der Waals surface area contributed by atoms with Crippen LogP contribution in [0, 0.1) is 0 Å².